The second kappa shape index (κ2) is 6.78. The molecule has 1 atom stereocenters. The van der Waals surface area contributed by atoms with Crippen molar-refractivity contribution >= 4 is 52.5 Å². The summed E-state index contributed by atoms with van der Waals surface area (Å²) in [7, 11) is 0. The van der Waals surface area contributed by atoms with Gasteiger partial charge in [0.15, 0.2) is 0 Å². The normalized spacial score (nSPS) is 13.9. The molecule has 1 amide bonds. The van der Waals surface area contributed by atoms with Crippen LogP contribution in [0.4, 0.5) is 0 Å². The summed E-state index contributed by atoms with van der Waals surface area (Å²) >= 11 is 19.2. The number of halogens is 3. The van der Waals surface area contributed by atoms with E-state index in [1.165, 1.54) is 11.8 Å². The number of hydrogen-bond acceptors (Lipinski definition) is 2. The Kier molecular flexibility index (Phi) is 6.09. The van der Waals surface area contributed by atoms with E-state index in [1.54, 1.807) is 0 Å². The van der Waals surface area contributed by atoms with Crippen LogP contribution in [0.3, 0.4) is 0 Å². The van der Waals surface area contributed by atoms with Crippen LogP contribution in [0, 0.1) is 12.3 Å². The maximum Gasteiger partial charge on any atom is 0.226 e. The minimum absolute atomic E-state index is 0.159. The lowest BCUT2D eigenvalue weighted by molar-refractivity contribution is -0.128. The number of aryl methyl sites for hydroxylation is 1. The van der Waals surface area contributed by atoms with E-state index in [-0.39, 0.29) is 5.91 Å². The van der Waals surface area contributed by atoms with Crippen molar-refractivity contribution in [3.05, 3.63) is 29.8 Å². The zero-order valence-electron chi connectivity index (χ0n) is 11.8. The highest BCUT2D eigenvalue weighted by molar-refractivity contribution is 8.00. The molecule has 0 aliphatic carbocycles. The number of hydrogen-bond donors (Lipinski definition) is 1. The number of carbonyl (C=O) groups excluding carboxylic acids is 1. The first kappa shape index (κ1) is 18.0. The van der Waals surface area contributed by atoms with Crippen molar-refractivity contribution in [2.24, 2.45) is 5.41 Å². The largest absolute Gasteiger partial charge is 0.339 e. The second-order valence-corrected chi connectivity index (χ2v) is 9.12. The molecule has 1 aromatic rings. The molecule has 0 radical (unpaired) electrons. The van der Waals surface area contributed by atoms with Crippen LogP contribution >= 0.6 is 46.6 Å². The molecule has 0 spiro atoms. The van der Waals surface area contributed by atoms with E-state index in [1.807, 2.05) is 52.0 Å². The lowest BCUT2D eigenvalue weighted by Gasteiger charge is -2.28. The molecule has 6 heteroatoms. The first-order valence-electron chi connectivity index (χ1n) is 6.11. The fraction of sp³-hybridized carbons (Fsp3) is 0.500. The zero-order valence-corrected chi connectivity index (χ0v) is 14.9. The summed E-state index contributed by atoms with van der Waals surface area (Å²) < 4.78 is -1.59. The average molecular weight is 355 g/mol. The smallest absolute Gasteiger partial charge is 0.226 e. The zero-order chi connectivity index (χ0) is 15.6. The van der Waals surface area contributed by atoms with Gasteiger partial charge in [-0.25, -0.2) is 0 Å². The molecule has 0 aromatic heterocycles. The SMILES string of the molecule is Cc1ccc(S[C@H](NC(=O)C(C)(C)C)C(Cl)(Cl)Cl)cc1. The Morgan fingerprint density at radius 3 is 2.05 bits per heavy atom. The summed E-state index contributed by atoms with van der Waals surface area (Å²) in [5.74, 6) is -0.159. The Balaban J connectivity index is 2.86. The van der Waals surface area contributed by atoms with E-state index in [9.17, 15) is 4.79 Å². The molecule has 0 heterocycles. The molecule has 2 nitrogen and oxygen atoms in total. The van der Waals surface area contributed by atoms with Gasteiger partial charge in [0.05, 0.1) is 0 Å². The highest BCUT2D eigenvalue weighted by Gasteiger charge is 2.37. The molecule has 1 rings (SSSR count). The number of alkyl halides is 3. The van der Waals surface area contributed by atoms with E-state index in [4.69, 9.17) is 34.8 Å². The molecule has 0 saturated carbocycles. The van der Waals surface area contributed by atoms with Gasteiger partial charge < -0.3 is 5.32 Å². The van der Waals surface area contributed by atoms with Crippen LogP contribution in [0.1, 0.15) is 26.3 Å². The van der Waals surface area contributed by atoms with Crippen molar-refractivity contribution in [3.63, 3.8) is 0 Å². The maximum absolute atomic E-state index is 12.1. The van der Waals surface area contributed by atoms with Gasteiger partial charge in [0, 0.05) is 10.3 Å². The molecule has 1 N–H and O–H groups in total. The minimum Gasteiger partial charge on any atom is -0.339 e. The number of carbonyl (C=O) groups is 1. The van der Waals surface area contributed by atoms with Crippen molar-refractivity contribution in [1.29, 1.82) is 0 Å². The first-order valence-corrected chi connectivity index (χ1v) is 8.12. The Hall–Kier alpha value is -0.0900. The van der Waals surface area contributed by atoms with Gasteiger partial charge in [0.2, 0.25) is 9.70 Å². The van der Waals surface area contributed by atoms with Gasteiger partial charge in [0.25, 0.3) is 0 Å². The van der Waals surface area contributed by atoms with Crippen LogP contribution in [-0.4, -0.2) is 15.1 Å². The van der Waals surface area contributed by atoms with Crippen molar-refractivity contribution in [1.82, 2.24) is 5.32 Å². The summed E-state index contributed by atoms with van der Waals surface area (Å²) in [6.07, 6.45) is 0. The summed E-state index contributed by atoms with van der Waals surface area (Å²) in [6.45, 7) is 7.44. The lowest BCUT2D eigenvalue weighted by Crippen LogP contribution is -2.46. The fourth-order valence-electron chi connectivity index (χ4n) is 1.27. The van der Waals surface area contributed by atoms with E-state index in [0.29, 0.717) is 0 Å². The van der Waals surface area contributed by atoms with Gasteiger partial charge in [-0.15, -0.1) is 0 Å². The standard InChI is InChI=1S/C14H18Cl3NOS/c1-9-5-7-10(8-6-9)20-12(14(15,16)17)18-11(19)13(2,3)4/h5-8,12H,1-4H3,(H,18,19)/t12-/m0/s1. The fourth-order valence-corrected chi connectivity index (χ4v) is 2.70. The predicted octanol–water partition coefficient (Wildman–Crippen LogP) is 4.95. The molecule has 0 aliphatic heterocycles. The van der Waals surface area contributed by atoms with Gasteiger partial charge in [-0.05, 0) is 19.1 Å². The summed E-state index contributed by atoms with van der Waals surface area (Å²) in [6, 6.07) is 7.83. The maximum atomic E-state index is 12.1. The van der Waals surface area contributed by atoms with E-state index in [0.717, 1.165) is 10.5 Å². The summed E-state index contributed by atoms with van der Waals surface area (Å²) in [5, 5.41) is 2.14. The monoisotopic (exact) mass is 353 g/mol. The molecular formula is C14H18Cl3NOS. The van der Waals surface area contributed by atoms with Crippen LogP contribution < -0.4 is 5.32 Å². The van der Waals surface area contributed by atoms with Crippen molar-refractivity contribution in [3.8, 4) is 0 Å². The van der Waals surface area contributed by atoms with E-state index < -0.39 is 14.6 Å². The second-order valence-electron chi connectivity index (χ2n) is 5.58. The number of nitrogens with one attached hydrogen (secondary N) is 1. The topological polar surface area (TPSA) is 29.1 Å². The highest BCUT2D eigenvalue weighted by Crippen LogP contribution is 2.39. The summed E-state index contributed by atoms with van der Waals surface area (Å²) in [5.41, 5.74) is 0.612. The van der Waals surface area contributed by atoms with Crippen LogP contribution in [0.2, 0.25) is 0 Å². The molecular weight excluding hydrogens is 337 g/mol. The Bertz CT molecular complexity index is 463. The Morgan fingerprint density at radius 2 is 1.65 bits per heavy atom. The number of thioether (sulfide) groups is 1. The van der Waals surface area contributed by atoms with Crippen LogP contribution in [0.5, 0.6) is 0 Å². The van der Waals surface area contributed by atoms with Gasteiger partial charge in [-0.1, -0.05) is 85.0 Å². The first-order chi connectivity index (χ1) is 9.00. The highest BCUT2D eigenvalue weighted by atomic mass is 35.6. The van der Waals surface area contributed by atoms with Gasteiger partial charge >= 0.3 is 0 Å². The van der Waals surface area contributed by atoms with Gasteiger partial charge in [-0.2, -0.15) is 0 Å². The molecule has 112 valence electrons. The Morgan fingerprint density at radius 1 is 1.15 bits per heavy atom. The quantitative estimate of drug-likeness (QED) is 0.473. The van der Waals surface area contributed by atoms with Crippen molar-refractivity contribution in [2.75, 3.05) is 0 Å². The third-order valence-corrected chi connectivity index (χ3v) is 4.81. The molecule has 0 saturated heterocycles. The molecule has 0 fully saturated rings. The molecule has 1 aromatic carbocycles. The predicted molar refractivity (Wildman–Crippen MR) is 88.7 cm³/mol. The minimum atomic E-state index is -1.59. The summed E-state index contributed by atoms with van der Waals surface area (Å²) in [4.78, 5) is 13.0. The van der Waals surface area contributed by atoms with Gasteiger partial charge in [0.1, 0.15) is 5.37 Å². The average Bonchev–Trinajstić information content (AvgIpc) is 2.28. The number of amides is 1. The van der Waals surface area contributed by atoms with E-state index in [2.05, 4.69) is 5.32 Å². The lowest BCUT2D eigenvalue weighted by atomic mass is 9.96. The van der Waals surface area contributed by atoms with Crippen molar-refractivity contribution < 1.29 is 4.79 Å². The van der Waals surface area contributed by atoms with E-state index >= 15 is 0 Å². The molecule has 0 bridgehead atoms. The number of benzene rings is 1. The third kappa shape index (κ3) is 5.72. The van der Waals surface area contributed by atoms with Crippen LogP contribution in [-0.2, 0) is 4.79 Å². The Labute approximate surface area is 139 Å². The van der Waals surface area contributed by atoms with Crippen molar-refractivity contribution in [2.45, 2.75) is 41.8 Å². The molecule has 0 aliphatic rings. The number of rotatable bonds is 3. The van der Waals surface area contributed by atoms with Crippen LogP contribution in [0.15, 0.2) is 29.2 Å². The van der Waals surface area contributed by atoms with Gasteiger partial charge in [-0.3, -0.25) is 4.79 Å². The van der Waals surface area contributed by atoms with Crippen LogP contribution in [0.25, 0.3) is 0 Å². The third-order valence-electron chi connectivity index (χ3n) is 2.52. The molecule has 20 heavy (non-hydrogen) atoms. The molecule has 0 unspecified atom stereocenters.